The van der Waals surface area contributed by atoms with Crippen LogP contribution in [0.25, 0.3) is 6.08 Å². The van der Waals surface area contributed by atoms with Gasteiger partial charge in [-0.25, -0.2) is 4.79 Å². The number of nitrogens with zero attached hydrogens (tertiary/aromatic N) is 1. The van der Waals surface area contributed by atoms with Gasteiger partial charge in [-0.15, -0.1) is 0 Å². The van der Waals surface area contributed by atoms with Crippen molar-refractivity contribution < 1.29 is 14.3 Å². The molecule has 138 valence electrons. The Morgan fingerprint density at radius 2 is 1.69 bits per heavy atom. The van der Waals surface area contributed by atoms with Crippen molar-refractivity contribution in [1.29, 1.82) is 0 Å². The van der Waals surface area contributed by atoms with Crippen LogP contribution in [-0.2, 0) is 9.53 Å². The van der Waals surface area contributed by atoms with E-state index in [1.165, 1.54) is 0 Å². The molecular weight excluding hydrogens is 350 g/mol. The summed E-state index contributed by atoms with van der Waals surface area (Å²) >= 11 is 5.90. The Balaban J connectivity index is 2.10. The second-order valence-corrected chi connectivity index (χ2v) is 6.07. The van der Waals surface area contributed by atoms with E-state index in [1.54, 1.807) is 30.3 Å². The van der Waals surface area contributed by atoms with Crippen LogP contribution in [0.15, 0.2) is 60.4 Å². The fourth-order valence-electron chi connectivity index (χ4n) is 2.34. The average Bonchev–Trinajstić information content (AvgIpc) is 2.67. The van der Waals surface area contributed by atoms with Gasteiger partial charge in [-0.2, -0.15) is 0 Å². The molecule has 0 radical (unpaired) electrons. The summed E-state index contributed by atoms with van der Waals surface area (Å²) in [7, 11) is 0. The molecule has 0 heterocycles. The highest BCUT2D eigenvalue weighted by Crippen LogP contribution is 2.20. The number of esters is 1. The van der Waals surface area contributed by atoms with Gasteiger partial charge in [0.05, 0.1) is 0 Å². The van der Waals surface area contributed by atoms with Crippen LogP contribution < -0.4 is 4.74 Å². The molecule has 5 heteroatoms. The molecular formula is C21H24ClNO3. The lowest BCUT2D eigenvalue weighted by Crippen LogP contribution is -2.28. The summed E-state index contributed by atoms with van der Waals surface area (Å²) in [5.74, 6) is 0.173. The molecule has 0 aliphatic heterocycles. The minimum Gasteiger partial charge on any atom is -0.458 e. The maximum Gasteiger partial charge on any atom is 0.374 e. The van der Waals surface area contributed by atoms with Crippen molar-refractivity contribution >= 4 is 23.6 Å². The van der Waals surface area contributed by atoms with Crippen molar-refractivity contribution in [2.24, 2.45) is 0 Å². The van der Waals surface area contributed by atoms with Gasteiger partial charge in [-0.05, 0) is 49.0 Å². The third-order valence-electron chi connectivity index (χ3n) is 3.88. The van der Waals surface area contributed by atoms with E-state index in [9.17, 15) is 4.79 Å². The van der Waals surface area contributed by atoms with Gasteiger partial charge in [0.25, 0.3) is 0 Å². The zero-order valence-corrected chi connectivity index (χ0v) is 15.9. The van der Waals surface area contributed by atoms with Gasteiger partial charge in [0.15, 0.2) is 0 Å². The highest BCUT2D eigenvalue weighted by Gasteiger charge is 2.15. The van der Waals surface area contributed by atoms with E-state index in [-0.39, 0.29) is 5.76 Å². The molecule has 0 bridgehead atoms. The Bertz CT molecular complexity index is 710. The van der Waals surface area contributed by atoms with E-state index in [0.29, 0.717) is 23.9 Å². The molecule has 0 aliphatic carbocycles. The van der Waals surface area contributed by atoms with Gasteiger partial charge in [-0.1, -0.05) is 55.8 Å². The fraction of sp³-hybridized carbons (Fsp3) is 0.286. The lowest BCUT2D eigenvalue weighted by molar-refractivity contribution is -0.141. The first-order valence-electron chi connectivity index (χ1n) is 8.72. The monoisotopic (exact) mass is 373 g/mol. The van der Waals surface area contributed by atoms with Gasteiger partial charge in [0, 0.05) is 11.6 Å². The van der Waals surface area contributed by atoms with Crippen LogP contribution in [0.4, 0.5) is 0 Å². The van der Waals surface area contributed by atoms with E-state index in [0.717, 1.165) is 18.7 Å². The van der Waals surface area contributed by atoms with E-state index in [2.05, 4.69) is 18.7 Å². The number of hydrogen-bond acceptors (Lipinski definition) is 4. The standard InChI is InChI=1S/C21H24ClNO3/c1-3-23(4-2)14-15-25-21(24)20(16-17-8-6-5-7-9-17)26-19-12-10-18(22)11-13-19/h5-13,16H,3-4,14-15H2,1-2H3/b20-16-. The van der Waals surface area contributed by atoms with Crippen molar-refractivity contribution in [3.8, 4) is 5.75 Å². The van der Waals surface area contributed by atoms with Crippen molar-refractivity contribution in [3.05, 3.63) is 70.9 Å². The molecule has 0 spiro atoms. The normalized spacial score (nSPS) is 11.5. The molecule has 2 rings (SSSR count). The van der Waals surface area contributed by atoms with E-state index in [4.69, 9.17) is 21.1 Å². The van der Waals surface area contributed by atoms with Crippen molar-refractivity contribution in [2.45, 2.75) is 13.8 Å². The first-order valence-corrected chi connectivity index (χ1v) is 9.09. The van der Waals surface area contributed by atoms with Crippen LogP contribution in [0.5, 0.6) is 5.75 Å². The predicted octanol–water partition coefficient (Wildman–Crippen LogP) is 4.64. The maximum absolute atomic E-state index is 12.5. The van der Waals surface area contributed by atoms with Crippen LogP contribution in [0.1, 0.15) is 19.4 Å². The van der Waals surface area contributed by atoms with Crippen LogP contribution in [0.3, 0.4) is 0 Å². The van der Waals surface area contributed by atoms with Gasteiger partial charge in [-0.3, -0.25) is 0 Å². The molecule has 0 atom stereocenters. The highest BCUT2D eigenvalue weighted by molar-refractivity contribution is 6.30. The zero-order chi connectivity index (χ0) is 18.8. The van der Waals surface area contributed by atoms with E-state index >= 15 is 0 Å². The lowest BCUT2D eigenvalue weighted by atomic mass is 10.2. The Hall–Kier alpha value is -2.30. The second-order valence-electron chi connectivity index (χ2n) is 5.64. The number of carbonyl (C=O) groups excluding carboxylic acids is 1. The largest absolute Gasteiger partial charge is 0.458 e. The van der Waals surface area contributed by atoms with E-state index < -0.39 is 5.97 Å². The van der Waals surface area contributed by atoms with Crippen LogP contribution >= 0.6 is 11.6 Å². The first-order chi connectivity index (χ1) is 12.6. The molecule has 0 aliphatic rings. The smallest absolute Gasteiger partial charge is 0.374 e. The summed E-state index contributed by atoms with van der Waals surface area (Å²) in [6.45, 7) is 7.00. The SMILES string of the molecule is CCN(CC)CCOC(=O)/C(=C/c1ccccc1)Oc1ccc(Cl)cc1. The van der Waals surface area contributed by atoms with E-state index in [1.807, 2.05) is 30.3 Å². The molecule has 26 heavy (non-hydrogen) atoms. The molecule has 0 saturated heterocycles. The minimum absolute atomic E-state index is 0.137. The number of halogens is 1. The lowest BCUT2D eigenvalue weighted by Gasteiger charge is -2.18. The summed E-state index contributed by atoms with van der Waals surface area (Å²) in [4.78, 5) is 14.7. The van der Waals surface area contributed by atoms with Gasteiger partial charge >= 0.3 is 5.97 Å². The number of likely N-dealkylation sites (N-methyl/N-ethyl adjacent to an activating group) is 1. The van der Waals surface area contributed by atoms with Gasteiger partial charge in [0.1, 0.15) is 12.4 Å². The third kappa shape index (κ3) is 6.54. The minimum atomic E-state index is -0.490. The summed E-state index contributed by atoms with van der Waals surface area (Å²) in [5.41, 5.74) is 0.858. The molecule has 0 fully saturated rings. The molecule has 2 aromatic rings. The fourth-order valence-corrected chi connectivity index (χ4v) is 2.46. The van der Waals surface area contributed by atoms with Crippen LogP contribution in [0.2, 0.25) is 5.02 Å². The molecule has 2 aromatic carbocycles. The van der Waals surface area contributed by atoms with Crippen molar-refractivity contribution in [1.82, 2.24) is 4.90 Å². The number of hydrogen-bond donors (Lipinski definition) is 0. The Morgan fingerprint density at radius 3 is 2.31 bits per heavy atom. The predicted molar refractivity (Wildman–Crippen MR) is 105 cm³/mol. The molecule has 0 saturated carbocycles. The Morgan fingerprint density at radius 1 is 1.04 bits per heavy atom. The van der Waals surface area contributed by atoms with Crippen LogP contribution in [-0.4, -0.2) is 37.1 Å². The summed E-state index contributed by atoms with van der Waals surface area (Å²) in [6, 6.07) is 16.4. The second kappa shape index (κ2) is 10.6. The van der Waals surface area contributed by atoms with Crippen LogP contribution in [0, 0.1) is 0 Å². The maximum atomic E-state index is 12.5. The topological polar surface area (TPSA) is 38.8 Å². The average molecular weight is 374 g/mol. The Labute approximate surface area is 160 Å². The highest BCUT2D eigenvalue weighted by atomic mass is 35.5. The number of benzene rings is 2. The van der Waals surface area contributed by atoms with Gasteiger partial charge in [0.2, 0.25) is 5.76 Å². The molecule has 0 N–H and O–H groups in total. The zero-order valence-electron chi connectivity index (χ0n) is 15.2. The van der Waals surface area contributed by atoms with Crippen molar-refractivity contribution in [3.63, 3.8) is 0 Å². The number of ether oxygens (including phenoxy) is 2. The molecule has 0 amide bonds. The summed E-state index contributed by atoms with van der Waals surface area (Å²) in [6.07, 6.45) is 1.67. The Kier molecular flexibility index (Phi) is 8.19. The number of rotatable bonds is 9. The first kappa shape index (κ1) is 20.0. The molecule has 0 unspecified atom stereocenters. The summed E-state index contributed by atoms with van der Waals surface area (Å²) < 4.78 is 11.2. The molecule has 0 aromatic heterocycles. The summed E-state index contributed by atoms with van der Waals surface area (Å²) in [5, 5.41) is 0.604. The van der Waals surface area contributed by atoms with Crippen molar-refractivity contribution in [2.75, 3.05) is 26.2 Å². The third-order valence-corrected chi connectivity index (χ3v) is 4.13. The number of carbonyl (C=O) groups is 1. The quantitative estimate of drug-likeness (QED) is 0.364. The molecule has 4 nitrogen and oxygen atoms in total. The van der Waals surface area contributed by atoms with Gasteiger partial charge < -0.3 is 14.4 Å².